The highest BCUT2D eigenvalue weighted by Gasteiger charge is 2.25. The van der Waals surface area contributed by atoms with Crippen LogP contribution in [0, 0.1) is 0 Å². The summed E-state index contributed by atoms with van der Waals surface area (Å²) in [4.78, 5) is 12.2. The summed E-state index contributed by atoms with van der Waals surface area (Å²) in [5.41, 5.74) is 1.08. The van der Waals surface area contributed by atoms with Gasteiger partial charge in [0.15, 0.2) is 0 Å². The van der Waals surface area contributed by atoms with E-state index in [1.165, 1.54) is 25.7 Å². The Labute approximate surface area is 117 Å². The van der Waals surface area contributed by atoms with Crippen LogP contribution in [0.3, 0.4) is 0 Å². The molecule has 2 aromatic heterocycles. The summed E-state index contributed by atoms with van der Waals surface area (Å²) in [6.07, 6.45) is 13.2. The van der Waals surface area contributed by atoms with Crippen LogP contribution in [-0.2, 0) is 6.54 Å². The second-order valence-corrected chi connectivity index (χ2v) is 6.07. The van der Waals surface area contributed by atoms with E-state index in [9.17, 15) is 4.79 Å². The molecule has 0 unspecified atom stereocenters. The highest BCUT2D eigenvalue weighted by Crippen LogP contribution is 2.33. The molecule has 5 heteroatoms. The van der Waals surface area contributed by atoms with Crippen molar-refractivity contribution in [3.63, 3.8) is 0 Å². The average molecular weight is 272 g/mol. The molecule has 2 aliphatic rings. The van der Waals surface area contributed by atoms with E-state index >= 15 is 0 Å². The molecule has 0 atom stereocenters. The highest BCUT2D eigenvalue weighted by atomic mass is 16.1. The fourth-order valence-electron chi connectivity index (χ4n) is 3.19. The lowest BCUT2D eigenvalue weighted by Crippen LogP contribution is -2.24. The van der Waals surface area contributed by atoms with E-state index < -0.39 is 0 Å². The lowest BCUT2D eigenvalue weighted by Gasteiger charge is -2.08. The summed E-state index contributed by atoms with van der Waals surface area (Å²) in [6, 6.07) is 3.05. The Bertz CT molecular complexity index is 655. The number of nitrogens with zero attached hydrogens (tertiary/aromatic N) is 4. The molecule has 2 aliphatic carbocycles. The molecule has 5 nitrogen and oxygen atoms in total. The lowest BCUT2D eigenvalue weighted by atomic mass is 10.3. The van der Waals surface area contributed by atoms with Crippen LogP contribution >= 0.6 is 0 Å². The second-order valence-electron chi connectivity index (χ2n) is 6.07. The summed E-state index contributed by atoms with van der Waals surface area (Å²) in [6.45, 7) is 0.582. The molecule has 4 rings (SSSR count). The molecule has 106 valence electrons. The van der Waals surface area contributed by atoms with Gasteiger partial charge in [-0.2, -0.15) is 5.10 Å². The van der Waals surface area contributed by atoms with Crippen LogP contribution in [0.4, 0.5) is 0 Å². The highest BCUT2D eigenvalue weighted by molar-refractivity contribution is 5.02. The van der Waals surface area contributed by atoms with Crippen molar-refractivity contribution >= 4 is 0 Å². The molecule has 0 N–H and O–H groups in total. The molecule has 0 aliphatic heterocycles. The largest absolute Gasteiger partial charge is 0.328 e. The molecule has 2 saturated carbocycles. The van der Waals surface area contributed by atoms with Gasteiger partial charge in [0, 0.05) is 24.6 Å². The Morgan fingerprint density at radius 1 is 1.05 bits per heavy atom. The first-order valence-corrected chi connectivity index (χ1v) is 7.62. The smallest absolute Gasteiger partial charge is 0.296 e. The topological polar surface area (TPSA) is 44.8 Å². The Balaban J connectivity index is 1.52. The van der Waals surface area contributed by atoms with Gasteiger partial charge in [-0.25, -0.2) is 4.79 Å². The van der Waals surface area contributed by atoms with Crippen molar-refractivity contribution in [3.05, 3.63) is 40.8 Å². The number of hydrogen-bond acceptors (Lipinski definition) is 2. The molecule has 2 aromatic rings. The first-order chi connectivity index (χ1) is 9.81. The van der Waals surface area contributed by atoms with Crippen LogP contribution in [-0.4, -0.2) is 18.9 Å². The fraction of sp³-hybridized carbons (Fsp3) is 0.600. The minimum atomic E-state index is 0.0999. The summed E-state index contributed by atoms with van der Waals surface area (Å²) in [5, 5.41) is 4.65. The third-order valence-corrected chi connectivity index (χ3v) is 4.51. The van der Waals surface area contributed by atoms with Crippen LogP contribution in [0.2, 0.25) is 0 Å². The van der Waals surface area contributed by atoms with Gasteiger partial charge in [0.05, 0.1) is 18.3 Å². The van der Waals surface area contributed by atoms with Crippen molar-refractivity contribution in [1.82, 2.24) is 18.9 Å². The molecule has 0 amide bonds. The molecular weight excluding hydrogens is 252 g/mol. The zero-order valence-corrected chi connectivity index (χ0v) is 11.6. The number of rotatable bonds is 4. The van der Waals surface area contributed by atoms with Gasteiger partial charge in [0.25, 0.3) is 0 Å². The minimum Gasteiger partial charge on any atom is -0.296 e. The Kier molecular flexibility index (Phi) is 2.79. The van der Waals surface area contributed by atoms with Crippen LogP contribution in [0.15, 0.2) is 29.5 Å². The molecule has 2 heterocycles. The quantitative estimate of drug-likeness (QED) is 0.857. The van der Waals surface area contributed by atoms with Crippen molar-refractivity contribution in [2.45, 2.75) is 57.2 Å². The lowest BCUT2D eigenvalue weighted by molar-refractivity contribution is 0.461. The summed E-state index contributed by atoms with van der Waals surface area (Å²) in [5.74, 6) is 0. The summed E-state index contributed by atoms with van der Waals surface area (Å²) in [7, 11) is 0. The first-order valence-electron chi connectivity index (χ1n) is 7.62. The molecule has 0 radical (unpaired) electrons. The van der Waals surface area contributed by atoms with Crippen molar-refractivity contribution in [2.24, 2.45) is 0 Å². The predicted octanol–water partition coefficient (Wildman–Crippen LogP) is 2.34. The average Bonchev–Trinajstić information content (AvgIpc) is 2.89. The van der Waals surface area contributed by atoms with Gasteiger partial charge in [0.2, 0.25) is 0 Å². The van der Waals surface area contributed by atoms with E-state index in [2.05, 4.69) is 16.0 Å². The zero-order chi connectivity index (χ0) is 13.5. The Morgan fingerprint density at radius 2 is 1.85 bits per heavy atom. The molecule has 20 heavy (non-hydrogen) atoms. The van der Waals surface area contributed by atoms with E-state index in [0.717, 1.165) is 18.5 Å². The van der Waals surface area contributed by atoms with Crippen molar-refractivity contribution < 1.29 is 0 Å². The van der Waals surface area contributed by atoms with E-state index in [-0.39, 0.29) is 5.69 Å². The molecule has 0 saturated heterocycles. The van der Waals surface area contributed by atoms with Crippen LogP contribution in [0.25, 0.3) is 0 Å². The molecule has 0 bridgehead atoms. The van der Waals surface area contributed by atoms with Crippen molar-refractivity contribution in [2.75, 3.05) is 0 Å². The molecule has 0 aromatic carbocycles. The first kappa shape index (κ1) is 12.0. The maximum Gasteiger partial charge on any atom is 0.328 e. The normalized spacial score (nSPS) is 19.8. The second kappa shape index (κ2) is 4.65. The third kappa shape index (κ3) is 2.11. The predicted molar refractivity (Wildman–Crippen MR) is 75.8 cm³/mol. The van der Waals surface area contributed by atoms with Gasteiger partial charge in [-0.1, -0.05) is 12.8 Å². The summed E-state index contributed by atoms with van der Waals surface area (Å²) >= 11 is 0. The van der Waals surface area contributed by atoms with Crippen molar-refractivity contribution in [3.8, 4) is 0 Å². The molecular formula is C15H20N4O. The van der Waals surface area contributed by atoms with Crippen LogP contribution in [0.1, 0.15) is 56.3 Å². The maximum atomic E-state index is 12.2. The number of aromatic nitrogens is 4. The SMILES string of the molecule is O=c1n(Cc2ccn(C3CCCC3)n2)ccn1C1CC1. The van der Waals surface area contributed by atoms with Gasteiger partial charge in [-0.3, -0.25) is 13.8 Å². The van der Waals surface area contributed by atoms with E-state index in [0.29, 0.717) is 18.6 Å². The number of imidazole rings is 1. The Hall–Kier alpha value is -1.78. The van der Waals surface area contributed by atoms with E-state index in [4.69, 9.17) is 0 Å². The number of hydrogen-bond donors (Lipinski definition) is 0. The molecule has 0 spiro atoms. The van der Waals surface area contributed by atoms with Gasteiger partial charge in [0.1, 0.15) is 0 Å². The monoisotopic (exact) mass is 272 g/mol. The van der Waals surface area contributed by atoms with Gasteiger partial charge >= 0.3 is 5.69 Å². The van der Waals surface area contributed by atoms with Crippen LogP contribution in [0.5, 0.6) is 0 Å². The fourth-order valence-corrected chi connectivity index (χ4v) is 3.19. The maximum absolute atomic E-state index is 12.2. The van der Waals surface area contributed by atoms with Gasteiger partial charge < -0.3 is 0 Å². The minimum absolute atomic E-state index is 0.0999. The third-order valence-electron chi connectivity index (χ3n) is 4.51. The zero-order valence-electron chi connectivity index (χ0n) is 11.6. The standard InChI is InChI=1S/C15H20N4O/c20-15-17(9-10-18(15)13-5-6-13)11-12-7-8-19(16-12)14-3-1-2-4-14/h7-10,13-14H,1-6,11H2. The van der Waals surface area contributed by atoms with Crippen molar-refractivity contribution in [1.29, 1.82) is 0 Å². The van der Waals surface area contributed by atoms with Gasteiger partial charge in [-0.05, 0) is 31.7 Å². The van der Waals surface area contributed by atoms with E-state index in [1.54, 1.807) is 4.57 Å². The van der Waals surface area contributed by atoms with E-state index in [1.807, 2.05) is 23.0 Å². The Morgan fingerprint density at radius 3 is 2.60 bits per heavy atom. The molecule has 2 fully saturated rings. The van der Waals surface area contributed by atoms with Gasteiger partial charge in [-0.15, -0.1) is 0 Å². The summed E-state index contributed by atoms with van der Waals surface area (Å²) < 4.78 is 5.71. The van der Waals surface area contributed by atoms with Crippen LogP contribution < -0.4 is 5.69 Å².